The zero-order chi connectivity index (χ0) is 11.5. The molecule has 0 atom stereocenters. The second kappa shape index (κ2) is 4.61. The Hall–Kier alpha value is -1.43. The SMILES string of the molecule is CCNc1nc(OC2COC2)c(F)cc1F. The average molecular weight is 230 g/mol. The molecule has 0 amide bonds. The summed E-state index contributed by atoms with van der Waals surface area (Å²) in [4.78, 5) is 3.74. The Morgan fingerprint density at radius 1 is 1.50 bits per heavy atom. The van der Waals surface area contributed by atoms with E-state index in [0.29, 0.717) is 19.8 Å². The zero-order valence-corrected chi connectivity index (χ0v) is 8.80. The Kier molecular flexibility index (Phi) is 3.19. The van der Waals surface area contributed by atoms with Gasteiger partial charge in [0.1, 0.15) is 6.10 Å². The van der Waals surface area contributed by atoms with Crippen LogP contribution in [0.4, 0.5) is 14.6 Å². The van der Waals surface area contributed by atoms with E-state index in [1.54, 1.807) is 6.92 Å². The number of rotatable bonds is 4. The lowest BCUT2D eigenvalue weighted by atomic mass is 10.3. The van der Waals surface area contributed by atoms with E-state index < -0.39 is 11.6 Å². The van der Waals surface area contributed by atoms with Crippen LogP contribution in [0.5, 0.6) is 5.88 Å². The summed E-state index contributed by atoms with van der Waals surface area (Å²) in [7, 11) is 0. The van der Waals surface area contributed by atoms with Gasteiger partial charge in [-0.05, 0) is 6.92 Å². The topological polar surface area (TPSA) is 43.4 Å². The van der Waals surface area contributed by atoms with Crippen LogP contribution in [0.3, 0.4) is 0 Å². The first-order chi connectivity index (χ1) is 7.70. The highest BCUT2D eigenvalue weighted by Gasteiger charge is 2.23. The normalized spacial score (nSPS) is 15.7. The molecule has 1 N–H and O–H groups in total. The fourth-order valence-electron chi connectivity index (χ4n) is 1.26. The van der Waals surface area contributed by atoms with Crippen LogP contribution in [0.25, 0.3) is 0 Å². The Balaban J connectivity index is 2.18. The smallest absolute Gasteiger partial charge is 0.253 e. The van der Waals surface area contributed by atoms with Crippen molar-refractivity contribution in [3.8, 4) is 5.88 Å². The molecule has 0 radical (unpaired) electrons. The molecular weight excluding hydrogens is 218 g/mol. The Morgan fingerprint density at radius 3 is 2.81 bits per heavy atom. The molecule has 0 aliphatic carbocycles. The molecule has 88 valence electrons. The number of ether oxygens (including phenoxy) is 2. The maximum Gasteiger partial charge on any atom is 0.253 e. The van der Waals surface area contributed by atoms with E-state index in [1.165, 1.54) is 0 Å². The summed E-state index contributed by atoms with van der Waals surface area (Å²) < 4.78 is 36.6. The van der Waals surface area contributed by atoms with E-state index in [2.05, 4.69) is 10.3 Å². The molecular formula is C10H12F2N2O2. The first-order valence-electron chi connectivity index (χ1n) is 5.05. The molecule has 0 bridgehead atoms. The molecule has 1 fully saturated rings. The van der Waals surface area contributed by atoms with Gasteiger partial charge in [0.2, 0.25) is 0 Å². The van der Waals surface area contributed by atoms with E-state index in [1.807, 2.05) is 0 Å². The van der Waals surface area contributed by atoms with Crippen LogP contribution in [0.15, 0.2) is 6.07 Å². The number of hydrogen-bond donors (Lipinski definition) is 1. The van der Waals surface area contributed by atoms with Gasteiger partial charge in [-0.3, -0.25) is 0 Å². The maximum absolute atomic E-state index is 13.3. The lowest BCUT2D eigenvalue weighted by molar-refractivity contribution is -0.0826. The number of hydrogen-bond acceptors (Lipinski definition) is 4. The number of halogens is 2. The molecule has 0 unspecified atom stereocenters. The Bertz CT molecular complexity index is 383. The Labute approximate surface area is 91.6 Å². The highest BCUT2D eigenvalue weighted by atomic mass is 19.1. The van der Waals surface area contributed by atoms with Crippen LogP contribution >= 0.6 is 0 Å². The molecule has 4 nitrogen and oxygen atoms in total. The quantitative estimate of drug-likeness (QED) is 0.852. The monoisotopic (exact) mass is 230 g/mol. The fraction of sp³-hybridized carbons (Fsp3) is 0.500. The van der Waals surface area contributed by atoms with Crippen LogP contribution < -0.4 is 10.1 Å². The van der Waals surface area contributed by atoms with Crippen molar-refractivity contribution in [1.29, 1.82) is 0 Å². The molecule has 1 aliphatic heterocycles. The van der Waals surface area contributed by atoms with Crippen molar-refractivity contribution in [1.82, 2.24) is 4.98 Å². The van der Waals surface area contributed by atoms with Crippen molar-refractivity contribution in [2.45, 2.75) is 13.0 Å². The van der Waals surface area contributed by atoms with Gasteiger partial charge in [-0.15, -0.1) is 0 Å². The fourth-order valence-corrected chi connectivity index (χ4v) is 1.26. The van der Waals surface area contributed by atoms with Crippen molar-refractivity contribution in [3.05, 3.63) is 17.7 Å². The zero-order valence-electron chi connectivity index (χ0n) is 8.80. The van der Waals surface area contributed by atoms with Crippen LogP contribution in [-0.4, -0.2) is 30.8 Å². The van der Waals surface area contributed by atoms with Crippen LogP contribution in [0.1, 0.15) is 6.92 Å². The predicted octanol–water partition coefficient (Wildman–Crippen LogP) is 1.57. The highest BCUT2D eigenvalue weighted by molar-refractivity contribution is 5.39. The molecule has 1 aliphatic rings. The van der Waals surface area contributed by atoms with Gasteiger partial charge < -0.3 is 14.8 Å². The minimum atomic E-state index is -0.800. The van der Waals surface area contributed by atoms with Gasteiger partial charge in [0, 0.05) is 12.6 Å². The van der Waals surface area contributed by atoms with Gasteiger partial charge in [0.25, 0.3) is 5.88 Å². The van der Waals surface area contributed by atoms with Gasteiger partial charge in [-0.25, -0.2) is 8.78 Å². The molecule has 1 aromatic rings. The third kappa shape index (κ3) is 2.21. The van der Waals surface area contributed by atoms with E-state index in [9.17, 15) is 8.78 Å². The van der Waals surface area contributed by atoms with Gasteiger partial charge in [0.15, 0.2) is 17.5 Å². The molecule has 2 heterocycles. The molecule has 0 spiro atoms. The third-order valence-corrected chi connectivity index (χ3v) is 2.13. The minimum Gasteiger partial charge on any atom is -0.467 e. The summed E-state index contributed by atoms with van der Waals surface area (Å²) in [5.74, 6) is -1.72. The number of aromatic nitrogens is 1. The van der Waals surface area contributed by atoms with Crippen molar-refractivity contribution in [3.63, 3.8) is 0 Å². The molecule has 1 aromatic heterocycles. The van der Waals surface area contributed by atoms with Gasteiger partial charge in [-0.1, -0.05) is 0 Å². The summed E-state index contributed by atoms with van der Waals surface area (Å²) in [6.45, 7) is 3.12. The molecule has 1 saturated heterocycles. The van der Waals surface area contributed by atoms with E-state index >= 15 is 0 Å². The summed E-state index contributed by atoms with van der Waals surface area (Å²) in [5, 5.41) is 2.69. The van der Waals surface area contributed by atoms with Gasteiger partial charge in [-0.2, -0.15) is 4.98 Å². The molecule has 6 heteroatoms. The number of anilines is 1. The van der Waals surface area contributed by atoms with E-state index in [0.717, 1.165) is 6.07 Å². The molecule has 0 aromatic carbocycles. The number of nitrogens with one attached hydrogen (secondary N) is 1. The lowest BCUT2D eigenvalue weighted by Gasteiger charge is -2.26. The van der Waals surface area contributed by atoms with Gasteiger partial charge >= 0.3 is 0 Å². The lowest BCUT2D eigenvalue weighted by Crippen LogP contribution is -2.39. The van der Waals surface area contributed by atoms with E-state index in [-0.39, 0.29) is 17.8 Å². The van der Waals surface area contributed by atoms with Gasteiger partial charge in [0.05, 0.1) is 13.2 Å². The molecule has 2 rings (SSSR count). The summed E-state index contributed by atoms with van der Waals surface area (Å²) in [6, 6.07) is 0.764. The Morgan fingerprint density at radius 2 is 2.25 bits per heavy atom. The molecule has 16 heavy (non-hydrogen) atoms. The van der Waals surface area contributed by atoms with E-state index in [4.69, 9.17) is 9.47 Å². The summed E-state index contributed by atoms with van der Waals surface area (Å²) in [5.41, 5.74) is 0. The second-order valence-corrected chi connectivity index (χ2v) is 3.41. The average Bonchev–Trinajstić information content (AvgIpc) is 2.18. The number of pyridine rings is 1. The predicted molar refractivity (Wildman–Crippen MR) is 53.6 cm³/mol. The van der Waals surface area contributed by atoms with Crippen molar-refractivity contribution < 1.29 is 18.3 Å². The van der Waals surface area contributed by atoms with Crippen molar-refractivity contribution in [2.24, 2.45) is 0 Å². The third-order valence-electron chi connectivity index (χ3n) is 2.13. The first kappa shape index (κ1) is 11.1. The minimum absolute atomic E-state index is 0.000795. The standard InChI is InChI=1S/C10H12F2N2O2/c1-2-13-9-7(11)3-8(12)10(14-9)16-6-4-15-5-6/h3,6H,2,4-5H2,1H3,(H,13,14). The summed E-state index contributed by atoms with van der Waals surface area (Å²) >= 11 is 0. The second-order valence-electron chi connectivity index (χ2n) is 3.41. The van der Waals surface area contributed by atoms with Crippen molar-refractivity contribution >= 4 is 5.82 Å². The van der Waals surface area contributed by atoms with Crippen LogP contribution in [-0.2, 0) is 4.74 Å². The van der Waals surface area contributed by atoms with Crippen molar-refractivity contribution in [2.75, 3.05) is 25.1 Å². The largest absolute Gasteiger partial charge is 0.467 e. The summed E-state index contributed by atoms with van der Waals surface area (Å²) in [6.07, 6.45) is -0.193. The number of nitrogens with zero attached hydrogens (tertiary/aromatic N) is 1. The molecule has 0 saturated carbocycles. The van der Waals surface area contributed by atoms with Crippen LogP contribution in [0, 0.1) is 11.6 Å². The maximum atomic E-state index is 13.3. The highest BCUT2D eigenvalue weighted by Crippen LogP contribution is 2.22. The van der Waals surface area contributed by atoms with Crippen LogP contribution in [0.2, 0.25) is 0 Å². The first-order valence-corrected chi connectivity index (χ1v) is 5.05.